The summed E-state index contributed by atoms with van der Waals surface area (Å²) in [5.41, 5.74) is 9.50. The normalized spacial score (nSPS) is 17.5. The van der Waals surface area contributed by atoms with Gasteiger partial charge in [-0.05, 0) is 98.0 Å². The number of hydrogen-bond donors (Lipinski definition) is 1. The summed E-state index contributed by atoms with van der Waals surface area (Å²) in [6, 6.07) is 40.3. The summed E-state index contributed by atoms with van der Waals surface area (Å²) in [6.45, 7) is 6.61. The van der Waals surface area contributed by atoms with Gasteiger partial charge in [-0.3, -0.25) is 0 Å². The molecule has 0 aromatic heterocycles. The van der Waals surface area contributed by atoms with Crippen molar-refractivity contribution in [1.82, 2.24) is 0 Å². The number of hydrogen-bond acceptors (Lipinski definition) is 2. The Morgan fingerprint density at radius 1 is 0.667 bits per heavy atom. The van der Waals surface area contributed by atoms with Gasteiger partial charge < -0.3 is 10.2 Å². The molecule has 4 aromatic carbocycles. The summed E-state index contributed by atoms with van der Waals surface area (Å²) in [6.07, 6.45) is 12.3. The van der Waals surface area contributed by atoms with Crippen LogP contribution in [0.15, 0.2) is 157 Å². The molecule has 1 N–H and O–H groups in total. The van der Waals surface area contributed by atoms with Crippen molar-refractivity contribution in [2.75, 3.05) is 10.2 Å². The minimum Gasteiger partial charge on any atom is -0.376 e. The number of nitrogens with zero attached hydrogens (tertiary/aromatic N) is 1. The molecule has 194 valence electrons. The van der Waals surface area contributed by atoms with Crippen molar-refractivity contribution in [1.29, 1.82) is 0 Å². The van der Waals surface area contributed by atoms with E-state index in [2.05, 4.69) is 171 Å². The van der Waals surface area contributed by atoms with Crippen LogP contribution in [0.25, 0.3) is 5.57 Å². The topological polar surface area (TPSA) is 15.3 Å². The highest BCUT2D eigenvalue weighted by Crippen LogP contribution is 2.35. The molecule has 2 heteroatoms. The van der Waals surface area contributed by atoms with Gasteiger partial charge in [0.15, 0.2) is 0 Å². The van der Waals surface area contributed by atoms with Crippen molar-refractivity contribution < 1.29 is 0 Å². The van der Waals surface area contributed by atoms with Gasteiger partial charge in [-0.2, -0.15) is 0 Å². The smallest absolute Gasteiger partial charge is 0.0565 e. The Labute approximate surface area is 233 Å². The van der Waals surface area contributed by atoms with E-state index in [1.165, 1.54) is 22.3 Å². The fourth-order valence-corrected chi connectivity index (χ4v) is 4.89. The minimum absolute atomic E-state index is 0.0774. The zero-order valence-electron chi connectivity index (χ0n) is 23.0. The molecular weight excluding hydrogens is 472 g/mol. The predicted octanol–water partition coefficient (Wildman–Crippen LogP) is 10.3. The lowest BCUT2D eigenvalue weighted by Gasteiger charge is -2.30. The molecule has 0 saturated carbocycles. The molecule has 4 aromatic rings. The molecular formula is C37H36N2. The third-order valence-electron chi connectivity index (χ3n) is 7.23. The first-order valence-corrected chi connectivity index (χ1v) is 13.6. The van der Waals surface area contributed by atoms with Crippen molar-refractivity contribution in [2.24, 2.45) is 0 Å². The molecule has 0 radical (unpaired) electrons. The van der Waals surface area contributed by atoms with Crippen molar-refractivity contribution in [3.63, 3.8) is 0 Å². The summed E-state index contributed by atoms with van der Waals surface area (Å²) in [5, 5.41) is 3.66. The van der Waals surface area contributed by atoms with Crippen LogP contribution < -0.4 is 10.2 Å². The lowest BCUT2D eigenvalue weighted by Crippen LogP contribution is -2.33. The largest absolute Gasteiger partial charge is 0.376 e. The fourth-order valence-electron chi connectivity index (χ4n) is 4.89. The van der Waals surface area contributed by atoms with Crippen molar-refractivity contribution in [3.05, 3.63) is 162 Å². The summed E-state index contributed by atoms with van der Waals surface area (Å²) in [7, 11) is 0. The number of allylic oxidation sites excluding steroid dienone is 6. The number of nitrogens with one attached hydrogen (secondary N) is 1. The van der Waals surface area contributed by atoms with Crippen LogP contribution >= 0.6 is 0 Å². The van der Waals surface area contributed by atoms with Gasteiger partial charge in [0.25, 0.3) is 0 Å². The van der Waals surface area contributed by atoms with Gasteiger partial charge in [-0.1, -0.05) is 97.1 Å². The van der Waals surface area contributed by atoms with Gasteiger partial charge in [0, 0.05) is 22.7 Å². The fraction of sp³-hybridized carbons (Fsp3) is 0.135. The summed E-state index contributed by atoms with van der Waals surface area (Å²) in [4.78, 5) is 2.29. The molecule has 0 spiro atoms. The average Bonchev–Trinajstić information content (AvgIpc) is 2.98. The molecule has 39 heavy (non-hydrogen) atoms. The zero-order valence-corrected chi connectivity index (χ0v) is 23.0. The lowest BCUT2D eigenvalue weighted by molar-refractivity contribution is 0.638. The predicted molar refractivity (Wildman–Crippen MR) is 169 cm³/mol. The molecule has 5 rings (SSSR count). The molecule has 1 unspecified atom stereocenters. The summed E-state index contributed by atoms with van der Waals surface area (Å²) >= 11 is 0. The molecule has 0 bridgehead atoms. The monoisotopic (exact) mass is 508 g/mol. The van der Waals surface area contributed by atoms with E-state index in [1.54, 1.807) is 0 Å². The van der Waals surface area contributed by atoms with Crippen LogP contribution in [0.5, 0.6) is 0 Å². The van der Waals surface area contributed by atoms with Crippen molar-refractivity contribution >= 4 is 28.3 Å². The van der Waals surface area contributed by atoms with Gasteiger partial charge >= 0.3 is 0 Å². The van der Waals surface area contributed by atoms with Crippen molar-refractivity contribution in [2.45, 2.75) is 32.7 Å². The standard InChI is InChI=1S/C37H36N2/c1-29(19-20-30(2)32-25-27-37(3,28-26-32)38-33-13-7-4-8-14-33)31-21-23-36(24-22-31)39(34-15-9-5-10-16-34)35-17-11-6-12-18-35/h4-27,38H,28H2,1-3H3/b29-19+,30-20+. The third kappa shape index (κ3) is 6.48. The Bertz CT molecular complexity index is 1450. The summed E-state index contributed by atoms with van der Waals surface area (Å²) in [5.74, 6) is 0. The lowest BCUT2D eigenvalue weighted by atomic mass is 9.88. The number of benzene rings is 4. The van der Waals surface area contributed by atoms with E-state index in [0.29, 0.717) is 0 Å². The highest BCUT2D eigenvalue weighted by atomic mass is 15.1. The van der Waals surface area contributed by atoms with E-state index in [9.17, 15) is 0 Å². The minimum atomic E-state index is -0.0774. The van der Waals surface area contributed by atoms with Crippen LogP contribution in [-0.2, 0) is 0 Å². The van der Waals surface area contributed by atoms with Crippen LogP contribution in [0.1, 0.15) is 32.8 Å². The maximum Gasteiger partial charge on any atom is 0.0565 e. The SMILES string of the molecule is C/C(=C\C=C(/C)c1ccc(N(c2ccccc2)c2ccccc2)cc1)C1=CCC(C)(Nc2ccccc2)C=C1. The van der Waals surface area contributed by atoms with E-state index in [1.807, 2.05) is 6.07 Å². The van der Waals surface area contributed by atoms with E-state index < -0.39 is 0 Å². The van der Waals surface area contributed by atoms with Crippen molar-refractivity contribution in [3.8, 4) is 0 Å². The Morgan fingerprint density at radius 3 is 1.72 bits per heavy atom. The second kappa shape index (κ2) is 11.9. The molecule has 1 aliphatic carbocycles. The first kappa shape index (κ1) is 26.1. The van der Waals surface area contributed by atoms with Gasteiger partial charge in [-0.15, -0.1) is 0 Å². The van der Waals surface area contributed by atoms with Gasteiger partial charge in [0.05, 0.1) is 5.54 Å². The molecule has 0 saturated heterocycles. The van der Waals surface area contributed by atoms with E-state index >= 15 is 0 Å². The van der Waals surface area contributed by atoms with Crippen LogP contribution in [-0.4, -0.2) is 5.54 Å². The highest BCUT2D eigenvalue weighted by Gasteiger charge is 2.22. The molecule has 0 aliphatic heterocycles. The maximum atomic E-state index is 3.66. The van der Waals surface area contributed by atoms with Crippen LogP contribution in [0, 0.1) is 0 Å². The average molecular weight is 509 g/mol. The first-order chi connectivity index (χ1) is 19.0. The Kier molecular flexibility index (Phi) is 7.94. The van der Waals surface area contributed by atoms with Crippen LogP contribution in [0.2, 0.25) is 0 Å². The van der Waals surface area contributed by atoms with Crippen LogP contribution in [0.3, 0.4) is 0 Å². The van der Waals surface area contributed by atoms with E-state index in [-0.39, 0.29) is 5.54 Å². The molecule has 0 heterocycles. The third-order valence-corrected chi connectivity index (χ3v) is 7.23. The maximum absolute atomic E-state index is 3.66. The van der Waals surface area contributed by atoms with Gasteiger partial charge in [0.1, 0.15) is 0 Å². The van der Waals surface area contributed by atoms with Gasteiger partial charge in [0.2, 0.25) is 0 Å². The Hall–Kier alpha value is -4.56. The Morgan fingerprint density at radius 2 is 1.18 bits per heavy atom. The van der Waals surface area contributed by atoms with E-state index in [0.717, 1.165) is 29.2 Å². The zero-order chi connectivity index (χ0) is 27.1. The number of para-hydroxylation sites is 3. The quantitative estimate of drug-likeness (QED) is 0.238. The molecule has 0 amide bonds. The molecule has 0 fully saturated rings. The number of rotatable bonds is 8. The Balaban J connectivity index is 1.29. The molecule has 2 nitrogen and oxygen atoms in total. The highest BCUT2D eigenvalue weighted by molar-refractivity contribution is 5.78. The summed E-state index contributed by atoms with van der Waals surface area (Å²) < 4.78 is 0. The number of anilines is 4. The first-order valence-electron chi connectivity index (χ1n) is 13.6. The van der Waals surface area contributed by atoms with Gasteiger partial charge in [-0.25, -0.2) is 0 Å². The second-order valence-corrected chi connectivity index (χ2v) is 10.4. The second-order valence-electron chi connectivity index (χ2n) is 10.4. The van der Waals surface area contributed by atoms with E-state index in [4.69, 9.17) is 0 Å². The molecule has 1 aliphatic rings. The van der Waals surface area contributed by atoms with Crippen LogP contribution in [0.4, 0.5) is 22.7 Å². The molecule has 1 atom stereocenters.